The average Bonchev–Trinajstić information content (AvgIpc) is 3.46. The molecule has 3 N–H and O–H groups in total. The Morgan fingerprint density at radius 1 is 1.27 bits per heavy atom. The second-order valence-electron chi connectivity index (χ2n) is 8.27. The number of amides is 1. The first-order valence-electron chi connectivity index (χ1n) is 10.9. The van der Waals surface area contributed by atoms with Crippen LogP contribution in [0.1, 0.15) is 47.0 Å². The van der Waals surface area contributed by atoms with Crippen LogP contribution in [0.3, 0.4) is 0 Å². The van der Waals surface area contributed by atoms with Gasteiger partial charge in [0.2, 0.25) is 6.41 Å². The number of aryl methyl sites for hydroxylation is 2. The van der Waals surface area contributed by atoms with Crippen LogP contribution in [0, 0.1) is 12.8 Å². The Bertz CT molecular complexity index is 747. The van der Waals surface area contributed by atoms with E-state index in [4.69, 9.17) is 10.0 Å². The van der Waals surface area contributed by atoms with Gasteiger partial charge in [0.05, 0.1) is 5.01 Å². The van der Waals surface area contributed by atoms with Crippen molar-refractivity contribution < 1.29 is 10.0 Å². The fraction of sp³-hybridized carbons (Fsp3) is 0.565. The molecule has 1 aliphatic heterocycles. The molecule has 2 unspecified atom stereocenters. The summed E-state index contributed by atoms with van der Waals surface area (Å²) >= 11 is 1.85. The molecule has 2 aromatic rings. The van der Waals surface area contributed by atoms with Crippen molar-refractivity contribution in [1.29, 1.82) is 0 Å². The Labute approximate surface area is 183 Å². The summed E-state index contributed by atoms with van der Waals surface area (Å²) in [4.78, 5) is 17.3. The number of hydrogen-bond acceptors (Lipinski definition) is 6. The van der Waals surface area contributed by atoms with Gasteiger partial charge in [-0.2, -0.15) is 0 Å². The lowest BCUT2D eigenvalue weighted by molar-refractivity contribution is -0.116. The summed E-state index contributed by atoms with van der Waals surface area (Å²) in [5.41, 5.74) is 2.76. The van der Waals surface area contributed by atoms with Gasteiger partial charge >= 0.3 is 0 Å². The van der Waals surface area contributed by atoms with Crippen molar-refractivity contribution in [2.75, 3.05) is 26.2 Å². The Morgan fingerprint density at radius 2 is 2.00 bits per heavy atom. The molecule has 0 spiro atoms. The molecule has 2 fully saturated rings. The van der Waals surface area contributed by atoms with E-state index in [9.17, 15) is 0 Å². The lowest BCUT2D eigenvalue weighted by atomic mass is 9.96. The first-order valence-corrected chi connectivity index (χ1v) is 11.8. The minimum absolute atomic E-state index is 0.181. The summed E-state index contributed by atoms with van der Waals surface area (Å²) in [7, 11) is 0. The number of carbonyl (C=O) groups is 1. The monoisotopic (exact) mass is 430 g/mol. The van der Waals surface area contributed by atoms with Crippen LogP contribution in [0.5, 0.6) is 0 Å². The molecule has 4 rings (SSSR count). The van der Waals surface area contributed by atoms with Gasteiger partial charge in [-0.15, -0.1) is 11.3 Å². The van der Waals surface area contributed by atoms with Crippen molar-refractivity contribution in [3.63, 3.8) is 0 Å². The molecule has 1 saturated carbocycles. The van der Waals surface area contributed by atoms with E-state index in [1.165, 1.54) is 72.8 Å². The topological polar surface area (TPSA) is 77.5 Å². The van der Waals surface area contributed by atoms with Crippen LogP contribution in [-0.2, 0) is 11.2 Å². The van der Waals surface area contributed by atoms with Crippen LogP contribution in [0.4, 0.5) is 0 Å². The van der Waals surface area contributed by atoms with Crippen LogP contribution in [-0.4, -0.2) is 53.7 Å². The zero-order valence-corrected chi connectivity index (χ0v) is 18.6. The van der Waals surface area contributed by atoms with Gasteiger partial charge in [-0.05, 0) is 70.3 Å². The number of piperidine rings is 1. The fourth-order valence-electron chi connectivity index (χ4n) is 4.19. The van der Waals surface area contributed by atoms with Crippen LogP contribution in [0.2, 0.25) is 0 Å². The third-order valence-corrected chi connectivity index (χ3v) is 6.95. The van der Waals surface area contributed by atoms with E-state index >= 15 is 0 Å². The highest BCUT2D eigenvalue weighted by atomic mass is 32.1. The molecular weight excluding hydrogens is 396 g/mol. The van der Waals surface area contributed by atoms with Gasteiger partial charge in [0, 0.05) is 29.5 Å². The molecule has 0 radical (unpaired) electrons. The highest BCUT2D eigenvalue weighted by Crippen LogP contribution is 2.40. The number of likely N-dealkylation sites (tertiary alicyclic amines) is 1. The Hall–Kier alpha value is -1.80. The molecule has 1 aromatic carbocycles. The zero-order valence-electron chi connectivity index (χ0n) is 17.8. The molecule has 1 saturated heterocycles. The first-order chi connectivity index (χ1) is 14.7. The molecule has 7 heteroatoms. The van der Waals surface area contributed by atoms with E-state index in [2.05, 4.69) is 52.5 Å². The van der Waals surface area contributed by atoms with E-state index in [0.717, 1.165) is 24.3 Å². The van der Waals surface area contributed by atoms with Crippen molar-refractivity contribution in [1.82, 2.24) is 20.7 Å². The van der Waals surface area contributed by atoms with Crippen molar-refractivity contribution in [2.45, 2.75) is 51.0 Å². The Morgan fingerprint density at radius 3 is 2.63 bits per heavy atom. The number of hydrogen-bond donors (Lipinski definition) is 3. The van der Waals surface area contributed by atoms with Gasteiger partial charge in [-0.25, -0.2) is 10.5 Å². The minimum atomic E-state index is 0.181. The summed E-state index contributed by atoms with van der Waals surface area (Å²) in [6.45, 7) is 7.13. The number of rotatable bonds is 9. The number of benzene rings is 1. The highest BCUT2D eigenvalue weighted by Gasteiger charge is 2.38. The third-order valence-electron chi connectivity index (χ3n) is 5.98. The number of carbonyl (C=O) groups excluding carboxylic acids is 1. The van der Waals surface area contributed by atoms with Crippen molar-refractivity contribution in [3.05, 3.63) is 52.0 Å². The summed E-state index contributed by atoms with van der Waals surface area (Å²) in [5, 5.41) is 12.4. The molecule has 2 heterocycles. The molecule has 164 valence electrons. The van der Waals surface area contributed by atoms with Gasteiger partial charge in [0.25, 0.3) is 0 Å². The molecular formula is C23H34N4O2S. The van der Waals surface area contributed by atoms with Crippen LogP contribution < -0.4 is 10.8 Å². The lowest BCUT2D eigenvalue weighted by Crippen LogP contribution is -2.38. The van der Waals surface area contributed by atoms with Crippen LogP contribution >= 0.6 is 11.3 Å². The molecule has 6 nitrogen and oxygen atoms in total. The number of hydroxylamine groups is 1. The second-order valence-corrected chi connectivity index (χ2v) is 9.59. The standard InChI is InChI=1S/C22H31N3S.CH3NO2/c1-17-15-24-22(26-17)8-5-11-25-12-9-18(10-13-25)16-23-21-14-20(21)19-6-3-2-4-7-19;3-1-2-4/h2-4,6-7,15,18,20-21,23H,5,8-14,16H2,1H3;1,4H,(H,2,3). The predicted octanol–water partition coefficient (Wildman–Crippen LogP) is 3.36. The minimum Gasteiger partial charge on any atom is -0.313 e. The molecule has 2 atom stereocenters. The number of nitrogens with zero attached hydrogens (tertiary/aromatic N) is 2. The van der Waals surface area contributed by atoms with Crippen molar-refractivity contribution in [3.8, 4) is 0 Å². The van der Waals surface area contributed by atoms with E-state index in [0.29, 0.717) is 0 Å². The largest absolute Gasteiger partial charge is 0.313 e. The van der Waals surface area contributed by atoms with Crippen molar-refractivity contribution in [2.24, 2.45) is 5.92 Å². The normalized spacial score (nSPS) is 21.5. The number of nitrogens with one attached hydrogen (secondary N) is 2. The molecule has 1 aliphatic carbocycles. The van der Waals surface area contributed by atoms with E-state index in [1.807, 2.05) is 17.5 Å². The van der Waals surface area contributed by atoms with Crippen molar-refractivity contribution >= 4 is 17.7 Å². The van der Waals surface area contributed by atoms with E-state index in [-0.39, 0.29) is 6.41 Å². The van der Waals surface area contributed by atoms with E-state index in [1.54, 1.807) is 0 Å². The molecule has 30 heavy (non-hydrogen) atoms. The van der Waals surface area contributed by atoms with Gasteiger partial charge in [0.15, 0.2) is 0 Å². The smallest absolute Gasteiger partial charge is 0.230 e. The summed E-state index contributed by atoms with van der Waals surface area (Å²) < 4.78 is 0. The fourth-order valence-corrected chi connectivity index (χ4v) is 5.02. The molecule has 2 aliphatic rings. The van der Waals surface area contributed by atoms with Crippen LogP contribution in [0.15, 0.2) is 36.5 Å². The average molecular weight is 431 g/mol. The third kappa shape index (κ3) is 7.47. The van der Waals surface area contributed by atoms with Gasteiger partial charge in [-0.3, -0.25) is 10.0 Å². The second kappa shape index (κ2) is 12.2. The zero-order chi connectivity index (χ0) is 21.2. The maximum Gasteiger partial charge on any atom is 0.230 e. The van der Waals surface area contributed by atoms with Crippen LogP contribution in [0.25, 0.3) is 0 Å². The number of thiazole rings is 1. The van der Waals surface area contributed by atoms with Gasteiger partial charge in [0.1, 0.15) is 0 Å². The maximum atomic E-state index is 8.81. The summed E-state index contributed by atoms with van der Waals surface area (Å²) in [5.74, 6) is 1.62. The molecule has 0 bridgehead atoms. The number of aromatic nitrogens is 1. The first kappa shape index (κ1) is 22.9. The molecule has 1 amide bonds. The predicted molar refractivity (Wildman–Crippen MR) is 121 cm³/mol. The maximum absolute atomic E-state index is 8.81. The Balaban J connectivity index is 0.000000589. The SMILES string of the molecule is Cc1cnc(CCCN2CCC(CNC3CC3c3ccccc3)CC2)s1.O=CNO. The van der Waals surface area contributed by atoms with Gasteiger partial charge < -0.3 is 10.2 Å². The highest BCUT2D eigenvalue weighted by molar-refractivity contribution is 7.11. The van der Waals surface area contributed by atoms with E-state index < -0.39 is 0 Å². The summed E-state index contributed by atoms with van der Waals surface area (Å²) in [6.07, 6.45) is 8.59. The molecule has 1 aromatic heterocycles. The van der Waals surface area contributed by atoms with Gasteiger partial charge in [-0.1, -0.05) is 30.3 Å². The summed E-state index contributed by atoms with van der Waals surface area (Å²) in [6, 6.07) is 11.7. The lowest BCUT2D eigenvalue weighted by Gasteiger charge is -2.32. The quantitative estimate of drug-likeness (QED) is 0.323. The Kier molecular flexibility index (Phi) is 9.27.